The number of nitrogens with one attached hydrogen (secondary N) is 1. The third-order valence-corrected chi connectivity index (χ3v) is 3.75. The number of nitro groups is 1. The van der Waals surface area contributed by atoms with E-state index < -0.39 is 10.9 Å². The maximum Gasteiger partial charge on any atom is 0.305 e. The number of non-ortho nitro benzene ring substituents is 1. The zero-order chi connectivity index (χ0) is 14.9. The summed E-state index contributed by atoms with van der Waals surface area (Å²) in [6.07, 6.45) is 1.86. The Balaban J connectivity index is 2.23. The highest BCUT2D eigenvalue weighted by Crippen LogP contribution is 2.40. The van der Waals surface area contributed by atoms with Crippen LogP contribution in [0.1, 0.15) is 19.3 Å². The molecule has 8 heteroatoms. The van der Waals surface area contributed by atoms with Gasteiger partial charge < -0.3 is 10.4 Å². The Labute approximate surface area is 124 Å². The topological polar surface area (TPSA) is 92.5 Å². The second-order valence-electron chi connectivity index (χ2n) is 4.73. The largest absolute Gasteiger partial charge is 0.481 e. The standard InChI is InChI=1S/C12H12Cl2N2O4/c13-8-3-7(16(19)20)4-9(14)12(8)15-10(5-11(17)18)6-1-2-6/h3-4,6,10,15H,1-2,5H2,(H,17,18). The summed E-state index contributed by atoms with van der Waals surface area (Å²) < 4.78 is 0. The van der Waals surface area contributed by atoms with Crippen molar-refractivity contribution in [3.8, 4) is 0 Å². The number of hydrogen-bond donors (Lipinski definition) is 2. The minimum Gasteiger partial charge on any atom is -0.481 e. The van der Waals surface area contributed by atoms with Gasteiger partial charge in [0.1, 0.15) is 0 Å². The van der Waals surface area contributed by atoms with Gasteiger partial charge in [0.05, 0.1) is 27.1 Å². The van der Waals surface area contributed by atoms with Crippen molar-refractivity contribution in [3.63, 3.8) is 0 Å². The second kappa shape index (κ2) is 5.85. The second-order valence-corrected chi connectivity index (χ2v) is 5.54. The monoisotopic (exact) mass is 318 g/mol. The smallest absolute Gasteiger partial charge is 0.305 e. The van der Waals surface area contributed by atoms with Crippen LogP contribution in [-0.2, 0) is 4.79 Å². The maximum absolute atomic E-state index is 10.9. The zero-order valence-corrected chi connectivity index (χ0v) is 11.8. The summed E-state index contributed by atoms with van der Waals surface area (Å²) in [6, 6.07) is 2.12. The molecule has 0 saturated heterocycles. The summed E-state index contributed by atoms with van der Waals surface area (Å²) in [6.45, 7) is 0. The minimum absolute atomic E-state index is 0.0473. The third-order valence-electron chi connectivity index (χ3n) is 3.15. The van der Waals surface area contributed by atoms with Crippen molar-refractivity contribution in [1.29, 1.82) is 0 Å². The predicted octanol–water partition coefficient (Wildman–Crippen LogP) is 3.57. The third kappa shape index (κ3) is 3.52. The Morgan fingerprint density at radius 3 is 2.40 bits per heavy atom. The van der Waals surface area contributed by atoms with Gasteiger partial charge in [-0.15, -0.1) is 0 Å². The molecular weight excluding hydrogens is 307 g/mol. The van der Waals surface area contributed by atoms with Gasteiger partial charge in [0, 0.05) is 18.2 Å². The molecule has 1 aromatic rings. The van der Waals surface area contributed by atoms with Gasteiger partial charge in [0.25, 0.3) is 5.69 Å². The highest BCUT2D eigenvalue weighted by Gasteiger charge is 2.33. The lowest BCUT2D eigenvalue weighted by atomic mass is 10.1. The number of carboxylic acids is 1. The van der Waals surface area contributed by atoms with Crippen LogP contribution in [0.5, 0.6) is 0 Å². The van der Waals surface area contributed by atoms with Crippen LogP contribution in [0.25, 0.3) is 0 Å². The Morgan fingerprint density at radius 2 is 2.00 bits per heavy atom. The normalized spacial score (nSPS) is 15.7. The number of anilines is 1. The van der Waals surface area contributed by atoms with Gasteiger partial charge in [-0.05, 0) is 18.8 Å². The van der Waals surface area contributed by atoms with E-state index in [4.69, 9.17) is 28.3 Å². The van der Waals surface area contributed by atoms with E-state index in [2.05, 4.69) is 5.32 Å². The van der Waals surface area contributed by atoms with E-state index in [-0.39, 0.29) is 34.1 Å². The highest BCUT2D eigenvalue weighted by atomic mass is 35.5. The van der Waals surface area contributed by atoms with E-state index in [0.717, 1.165) is 12.8 Å². The van der Waals surface area contributed by atoms with Crippen LogP contribution in [0.4, 0.5) is 11.4 Å². The Hall–Kier alpha value is -1.53. The summed E-state index contributed by atoms with van der Waals surface area (Å²) in [5.41, 5.74) is 0.142. The Kier molecular flexibility index (Phi) is 4.35. The van der Waals surface area contributed by atoms with Crippen LogP contribution < -0.4 is 5.32 Å². The fraction of sp³-hybridized carbons (Fsp3) is 0.417. The lowest BCUT2D eigenvalue weighted by molar-refractivity contribution is -0.384. The van der Waals surface area contributed by atoms with Crippen molar-refractivity contribution >= 4 is 40.5 Å². The molecule has 0 amide bonds. The molecule has 1 aromatic carbocycles. The summed E-state index contributed by atoms with van der Waals surface area (Å²) in [7, 11) is 0. The fourth-order valence-corrected chi connectivity index (χ4v) is 2.60. The first-order valence-electron chi connectivity index (χ1n) is 6.00. The first-order chi connectivity index (χ1) is 9.38. The molecule has 2 rings (SSSR count). The first kappa shape index (κ1) is 14.9. The number of carboxylic acid groups (broad SMARTS) is 1. The van der Waals surface area contributed by atoms with Crippen LogP contribution in [0, 0.1) is 16.0 Å². The molecule has 1 fully saturated rings. The summed E-state index contributed by atoms with van der Waals surface area (Å²) in [5.74, 6) is -0.642. The number of nitrogens with zero attached hydrogens (tertiary/aromatic N) is 1. The quantitative estimate of drug-likeness (QED) is 0.618. The fourth-order valence-electron chi connectivity index (χ4n) is 2.01. The van der Waals surface area contributed by atoms with Crippen molar-refractivity contribution < 1.29 is 14.8 Å². The molecule has 0 radical (unpaired) electrons. The molecule has 1 aliphatic rings. The van der Waals surface area contributed by atoms with E-state index in [0.29, 0.717) is 5.69 Å². The number of halogens is 2. The van der Waals surface area contributed by atoms with Crippen LogP contribution >= 0.6 is 23.2 Å². The van der Waals surface area contributed by atoms with Gasteiger partial charge in [-0.3, -0.25) is 14.9 Å². The molecule has 0 bridgehead atoms. The molecular formula is C12H12Cl2N2O4. The van der Waals surface area contributed by atoms with Crippen molar-refractivity contribution in [1.82, 2.24) is 0 Å². The number of nitro benzene ring substituents is 1. The molecule has 108 valence electrons. The minimum atomic E-state index is -0.913. The lowest BCUT2D eigenvalue weighted by Gasteiger charge is -2.19. The van der Waals surface area contributed by atoms with Crippen molar-refractivity contribution in [2.45, 2.75) is 25.3 Å². The lowest BCUT2D eigenvalue weighted by Crippen LogP contribution is -2.25. The van der Waals surface area contributed by atoms with Crippen LogP contribution in [0.15, 0.2) is 12.1 Å². The van der Waals surface area contributed by atoms with E-state index in [1.54, 1.807) is 0 Å². The van der Waals surface area contributed by atoms with Gasteiger partial charge in [0.2, 0.25) is 0 Å². The van der Waals surface area contributed by atoms with Crippen molar-refractivity contribution in [2.75, 3.05) is 5.32 Å². The van der Waals surface area contributed by atoms with E-state index >= 15 is 0 Å². The average molecular weight is 319 g/mol. The molecule has 2 N–H and O–H groups in total. The summed E-state index contributed by atoms with van der Waals surface area (Å²) in [4.78, 5) is 21.0. The maximum atomic E-state index is 10.9. The summed E-state index contributed by atoms with van der Waals surface area (Å²) in [5, 5.41) is 22.8. The van der Waals surface area contributed by atoms with Gasteiger partial charge >= 0.3 is 5.97 Å². The molecule has 0 aromatic heterocycles. The van der Waals surface area contributed by atoms with Gasteiger partial charge in [-0.25, -0.2) is 0 Å². The Morgan fingerprint density at radius 1 is 1.45 bits per heavy atom. The zero-order valence-electron chi connectivity index (χ0n) is 10.3. The summed E-state index contributed by atoms with van der Waals surface area (Å²) >= 11 is 12.0. The molecule has 1 atom stereocenters. The average Bonchev–Trinajstić information content (AvgIpc) is 3.15. The SMILES string of the molecule is O=C(O)CC(Nc1c(Cl)cc([N+](=O)[O-])cc1Cl)C1CC1. The molecule has 1 unspecified atom stereocenters. The number of rotatable bonds is 6. The van der Waals surface area contributed by atoms with Crippen molar-refractivity contribution in [2.24, 2.45) is 5.92 Å². The molecule has 20 heavy (non-hydrogen) atoms. The number of benzene rings is 1. The van der Waals surface area contributed by atoms with Gasteiger partial charge in [-0.1, -0.05) is 23.2 Å². The van der Waals surface area contributed by atoms with Gasteiger partial charge in [-0.2, -0.15) is 0 Å². The number of aliphatic carboxylic acids is 1. The van der Waals surface area contributed by atoms with Crippen molar-refractivity contribution in [3.05, 3.63) is 32.3 Å². The van der Waals surface area contributed by atoms with E-state index in [9.17, 15) is 14.9 Å². The van der Waals surface area contributed by atoms with Gasteiger partial charge in [0.15, 0.2) is 0 Å². The van der Waals surface area contributed by atoms with Crippen LogP contribution in [0.2, 0.25) is 10.0 Å². The highest BCUT2D eigenvalue weighted by molar-refractivity contribution is 6.39. The predicted molar refractivity (Wildman–Crippen MR) is 75.5 cm³/mol. The molecule has 0 aliphatic heterocycles. The number of carbonyl (C=O) groups is 1. The number of hydrogen-bond acceptors (Lipinski definition) is 4. The molecule has 1 aliphatic carbocycles. The Bertz CT molecular complexity index is 537. The molecule has 1 saturated carbocycles. The molecule has 6 nitrogen and oxygen atoms in total. The molecule has 0 spiro atoms. The van der Waals surface area contributed by atoms with Crippen LogP contribution in [0.3, 0.4) is 0 Å². The molecule has 0 heterocycles. The van der Waals surface area contributed by atoms with E-state index in [1.807, 2.05) is 0 Å². The van der Waals surface area contributed by atoms with E-state index in [1.165, 1.54) is 12.1 Å². The first-order valence-corrected chi connectivity index (χ1v) is 6.76. The van der Waals surface area contributed by atoms with Crippen LogP contribution in [-0.4, -0.2) is 22.0 Å².